The molecule has 8 heteroatoms. The highest BCUT2D eigenvalue weighted by Crippen LogP contribution is 2.42. The lowest BCUT2D eigenvalue weighted by Gasteiger charge is -2.34. The van der Waals surface area contributed by atoms with Crippen LogP contribution in [0.3, 0.4) is 0 Å². The molecule has 7 nitrogen and oxygen atoms in total. The second-order valence-electron chi connectivity index (χ2n) is 6.77. The van der Waals surface area contributed by atoms with Gasteiger partial charge in [-0.25, -0.2) is 0 Å². The summed E-state index contributed by atoms with van der Waals surface area (Å²) < 4.78 is 53.6. The van der Waals surface area contributed by atoms with Crippen molar-refractivity contribution in [1.29, 1.82) is 0 Å². The van der Waals surface area contributed by atoms with Gasteiger partial charge in [-0.05, 0) is 32.9 Å². The molecular weight excluding hydrogens is 336 g/mol. The molecule has 0 amide bonds. The van der Waals surface area contributed by atoms with E-state index in [4.69, 9.17) is 23.1 Å². The van der Waals surface area contributed by atoms with Crippen molar-refractivity contribution in [3.8, 4) is 0 Å². The number of ether oxygens (including phenoxy) is 4. The maximum Gasteiger partial charge on any atom is 0.297 e. The van der Waals surface area contributed by atoms with E-state index in [1.54, 1.807) is 26.0 Å². The lowest BCUT2D eigenvalue weighted by Crippen LogP contribution is -2.53. The Kier molecular flexibility index (Phi) is 3.76. The number of rotatable bonds is 3. The third-order valence-electron chi connectivity index (χ3n) is 4.40. The van der Waals surface area contributed by atoms with Crippen LogP contribution in [0.1, 0.15) is 19.4 Å². The molecule has 5 atom stereocenters. The van der Waals surface area contributed by atoms with Crippen molar-refractivity contribution in [3.05, 3.63) is 29.8 Å². The van der Waals surface area contributed by atoms with E-state index < -0.39 is 40.5 Å². The van der Waals surface area contributed by atoms with E-state index in [9.17, 15) is 8.42 Å². The molecule has 0 aromatic heterocycles. The Labute approximate surface area is 140 Å². The van der Waals surface area contributed by atoms with E-state index in [2.05, 4.69) is 0 Å². The van der Waals surface area contributed by atoms with Gasteiger partial charge in [-0.15, -0.1) is 0 Å². The largest absolute Gasteiger partial charge is 0.347 e. The lowest BCUT2D eigenvalue weighted by atomic mass is 10.0. The molecule has 3 aliphatic heterocycles. The summed E-state index contributed by atoms with van der Waals surface area (Å²) in [6.07, 6.45) is -2.96. The van der Waals surface area contributed by atoms with Crippen LogP contribution in [0.15, 0.2) is 29.2 Å². The van der Waals surface area contributed by atoms with Crippen molar-refractivity contribution in [1.82, 2.24) is 0 Å². The molecule has 0 saturated carbocycles. The van der Waals surface area contributed by atoms with E-state index >= 15 is 0 Å². The van der Waals surface area contributed by atoms with E-state index in [1.165, 1.54) is 12.1 Å². The molecular formula is C16H20O7S. The fourth-order valence-electron chi connectivity index (χ4n) is 3.31. The SMILES string of the molecule is Cc1ccc(S(=O)(=O)O[C@@H]2C3OCC(O3)C3OC(C)(C)O[C@H]32)cc1. The maximum atomic E-state index is 12.6. The number of hydrogen-bond acceptors (Lipinski definition) is 7. The third kappa shape index (κ3) is 2.77. The van der Waals surface area contributed by atoms with Gasteiger partial charge in [0.15, 0.2) is 18.2 Å². The predicted molar refractivity (Wildman–Crippen MR) is 81.7 cm³/mol. The van der Waals surface area contributed by atoms with Crippen LogP contribution in [0.4, 0.5) is 0 Å². The molecule has 0 radical (unpaired) electrons. The second kappa shape index (κ2) is 5.48. The highest BCUT2D eigenvalue weighted by atomic mass is 32.2. The highest BCUT2D eigenvalue weighted by Gasteiger charge is 2.60. The minimum absolute atomic E-state index is 0.0861. The van der Waals surface area contributed by atoms with E-state index in [0.29, 0.717) is 6.61 Å². The second-order valence-corrected chi connectivity index (χ2v) is 8.34. The summed E-state index contributed by atoms with van der Waals surface area (Å²) in [5.41, 5.74) is 0.964. The molecule has 24 heavy (non-hydrogen) atoms. The van der Waals surface area contributed by atoms with Gasteiger partial charge in [0.05, 0.1) is 11.5 Å². The van der Waals surface area contributed by atoms with Crippen LogP contribution >= 0.6 is 0 Å². The first kappa shape index (κ1) is 16.4. The molecule has 132 valence electrons. The van der Waals surface area contributed by atoms with Crippen LogP contribution < -0.4 is 0 Å². The number of benzene rings is 1. The molecule has 3 heterocycles. The number of fused-ring (bicyclic) bond motifs is 4. The zero-order chi connectivity index (χ0) is 17.1. The summed E-state index contributed by atoms with van der Waals surface area (Å²) in [7, 11) is -3.97. The van der Waals surface area contributed by atoms with E-state index in [-0.39, 0.29) is 11.0 Å². The first-order valence-electron chi connectivity index (χ1n) is 7.88. The molecule has 0 aliphatic carbocycles. The van der Waals surface area contributed by atoms with Gasteiger partial charge in [-0.1, -0.05) is 17.7 Å². The first-order valence-corrected chi connectivity index (χ1v) is 9.29. The molecule has 3 unspecified atom stereocenters. The van der Waals surface area contributed by atoms with Crippen molar-refractivity contribution in [2.24, 2.45) is 0 Å². The van der Waals surface area contributed by atoms with Crippen LogP contribution in [-0.2, 0) is 33.2 Å². The quantitative estimate of drug-likeness (QED) is 0.756. The Morgan fingerprint density at radius 2 is 1.79 bits per heavy atom. The average molecular weight is 356 g/mol. The topological polar surface area (TPSA) is 80.3 Å². The molecule has 3 fully saturated rings. The van der Waals surface area contributed by atoms with E-state index in [1.807, 2.05) is 6.92 Å². The molecule has 3 saturated heterocycles. The summed E-state index contributed by atoms with van der Waals surface area (Å²) in [6.45, 7) is 5.78. The van der Waals surface area contributed by atoms with Crippen LogP contribution in [0.25, 0.3) is 0 Å². The Bertz CT molecular complexity index is 727. The fourth-order valence-corrected chi connectivity index (χ4v) is 4.38. The summed E-state index contributed by atoms with van der Waals surface area (Å²) in [6, 6.07) is 6.47. The van der Waals surface area contributed by atoms with Gasteiger partial charge in [0.1, 0.15) is 18.3 Å². The molecule has 3 aliphatic rings. The van der Waals surface area contributed by atoms with Crippen molar-refractivity contribution in [2.75, 3.05) is 6.61 Å². The summed E-state index contributed by atoms with van der Waals surface area (Å²) in [5, 5.41) is 0. The Hall–Kier alpha value is -1.03. The fraction of sp³-hybridized carbons (Fsp3) is 0.625. The standard InChI is InChI=1S/C16H20O7S/c1-9-4-6-10(7-5-9)24(17,18)23-14-13-12(21-16(2,3)22-13)11-8-19-15(14)20-11/h4-7,11-15H,8H2,1-3H3/t11?,12?,13-,14+,15?/m1/s1. The summed E-state index contributed by atoms with van der Waals surface area (Å²) in [5.74, 6) is -0.821. The van der Waals surface area contributed by atoms with Gasteiger partial charge in [0.25, 0.3) is 10.1 Å². The van der Waals surface area contributed by atoms with Crippen molar-refractivity contribution < 1.29 is 31.5 Å². The van der Waals surface area contributed by atoms with Crippen LogP contribution in [-0.4, -0.2) is 51.5 Å². The van der Waals surface area contributed by atoms with Gasteiger partial charge >= 0.3 is 0 Å². The average Bonchev–Trinajstić information content (AvgIpc) is 3.07. The molecule has 1 aromatic carbocycles. The van der Waals surface area contributed by atoms with Crippen LogP contribution in [0.2, 0.25) is 0 Å². The molecule has 2 bridgehead atoms. The van der Waals surface area contributed by atoms with Crippen LogP contribution in [0, 0.1) is 6.92 Å². The third-order valence-corrected chi connectivity index (χ3v) is 5.73. The summed E-state index contributed by atoms with van der Waals surface area (Å²) >= 11 is 0. The predicted octanol–water partition coefficient (Wildman–Crippen LogP) is 1.34. The van der Waals surface area contributed by atoms with E-state index in [0.717, 1.165) is 5.56 Å². The molecule has 1 aromatic rings. The minimum atomic E-state index is -3.97. The van der Waals surface area contributed by atoms with Gasteiger partial charge in [-0.2, -0.15) is 8.42 Å². The van der Waals surface area contributed by atoms with Crippen LogP contribution in [0.5, 0.6) is 0 Å². The molecule has 0 N–H and O–H groups in total. The van der Waals surface area contributed by atoms with Gasteiger partial charge in [0, 0.05) is 0 Å². The van der Waals surface area contributed by atoms with Gasteiger partial charge in [0.2, 0.25) is 0 Å². The molecule has 4 rings (SSSR count). The summed E-state index contributed by atoms with van der Waals surface area (Å²) in [4.78, 5) is 0.0861. The smallest absolute Gasteiger partial charge is 0.297 e. The number of aryl methyl sites for hydroxylation is 1. The minimum Gasteiger partial charge on any atom is -0.347 e. The number of hydrogen-bond donors (Lipinski definition) is 0. The Balaban J connectivity index is 1.62. The molecule has 0 spiro atoms. The van der Waals surface area contributed by atoms with Crippen molar-refractivity contribution in [2.45, 2.75) is 62.2 Å². The Morgan fingerprint density at radius 1 is 1.12 bits per heavy atom. The monoisotopic (exact) mass is 356 g/mol. The first-order chi connectivity index (χ1) is 11.3. The zero-order valence-corrected chi connectivity index (χ0v) is 14.5. The highest BCUT2D eigenvalue weighted by molar-refractivity contribution is 7.86. The van der Waals surface area contributed by atoms with Gasteiger partial charge < -0.3 is 18.9 Å². The maximum absolute atomic E-state index is 12.6. The zero-order valence-electron chi connectivity index (χ0n) is 13.7. The lowest BCUT2D eigenvalue weighted by molar-refractivity contribution is -0.194. The Morgan fingerprint density at radius 3 is 2.50 bits per heavy atom. The van der Waals surface area contributed by atoms with Gasteiger partial charge in [-0.3, -0.25) is 4.18 Å². The normalized spacial score (nSPS) is 37.4. The van der Waals surface area contributed by atoms with Crippen molar-refractivity contribution >= 4 is 10.1 Å². The van der Waals surface area contributed by atoms with Crippen molar-refractivity contribution in [3.63, 3.8) is 0 Å².